The van der Waals surface area contributed by atoms with E-state index in [9.17, 15) is 5.11 Å². The molecule has 0 radical (unpaired) electrons. The molecule has 0 saturated heterocycles. The standard InChI is InChI=1S/C14H26O/c1-10(2)5-6-13-9-12(11(3)4)7-8-14(13)15/h11-15H,1,5-9H2,2-4H3. The van der Waals surface area contributed by atoms with Crippen LogP contribution in [0.2, 0.25) is 0 Å². The number of hydrogen-bond donors (Lipinski definition) is 1. The summed E-state index contributed by atoms with van der Waals surface area (Å²) in [4.78, 5) is 0. The number of aliphatic hydroxyl groups is 1. The van der Waals surface area contributed by atoms with Crippen LogP contribution in [0, 0.1) is 17.8 Å². The van der Waals surface area contributed by atoms with Crippen LogP contribution in [0.25, 0.3) is 0 Å². The van der Waals surface area contributed by atoms with E-state index in [1.54, 1.807) is 0 Å². The molecule has 1 heteroatoms. The molecule has 1 N–H and O–H groups in total. The van der Waals surface area contributed by atoms with Crippen molar-refractivity contribution in [1.82, 2.24) is 0 Å². The predicted molar refractivity (Wildman–Crippen MR) is 65.7 cm³/mol. The maximum Gasteiger partial charge on any atom is 0.0568 e. The zero-order chi connectivity index (χ0) is 11.4. The first kappa shape index (κ1) is 12.8. The molecule has 0 amide bonds. The van der Waals surface area contributed by atoms with Gasteiger partial charge in [-0.05, 0) is 56.8 Å². The Morgan fingerprint density at radius 1 is 1.40 bits per heavy atom. The van der Waals surface area contributed by atoms with Crippen molar-refractivity contribution in [3.05, 3.63) is 12.2 Å². The Balaban J connectivity index is 2.42. The second-order valence-corrected chi connectivity index (χ2v) is 5.64. The first-order valence-electron chi connectivity index (χ1n) is 6.33. The summed E-state index contributed by atoms with van der Waals surface area (Å²) in [5.74, 6) is 2.11. The molecule has 0 aliphatic heterocycles. The molecular weight excluding hydrogens is 184 g/mol. The van der Waals surface area contributed by atoms with E-state index in [-0.39, 0.29) is 6.10 Å². The first-order chi connectivity index (χ1) is 7.00. The van der Waals surface area contributed by atoms with Gasteiger partial charge in [-0.3, -0.25) is 0 Å². The molecule has 0 aromatic heterocycles. The summed E-state index contributed by atoms with van der Waals surface area (Å²) >= 11 is 0. The Hall–Kier alpha value is -0.300. The van der Waals surface area contributed by atoms with E-state index >= 15 is 0 Å². The van der Waals surface area contributed by atoms with E-state index in [2.05, 4.69) is 27.4 Å². The highest BCUT2D eigenvalue weighted by Gasteiger charge is 2.29. The molecule has 0 spiro atoms. The highest BCUT2D eigenvalue weighted by Crippen LogP contribution is 2.36. The van der Waals surface area contributed by atoms with Gasteiger partial charge in [-0.1, -0.05) is 19.4 Å². The Kier molecular flexibility index (Phi) is 4.85. The Morgan fingerprint density at radius 2 is 2.07 bits per heavy atom. The van der Waals surface area contributed by atoms with Gasteiger partial charge in [0.2, 0.25) is 0 Å². The SMILES string of the molecule is C=C(C)CCC1CC(C(C)C)CCC1O. The molecule has 3 atom stereocenters. The molecular formula is C14H26O. The summed E-state index contributed by atoms with van der Waals surface area (Å²) in [6, 6.07) is 0. The highest BCUT2D eigenvalue weighted by molar-refractivity contribution is 4.90. The Morgan fingerprint density at radius 3 is 2.60 bits per heavy atom. The van der Waals surface area contributed by atoms with Crippen molar-refractivity contribution < 1.29 is 5.11 Å². The van der Waals surface area contributed by atoms with Crippen LogP contribution in [0.3, 0.4) is 0 Å². The Bertz CT molecular complexity index is 207. The van der Waals surface area contributed by atoms with E-state index < -0.39 is 0 Å². The van der Waals surface area contributed by atoms with Crippen molar-refractivity contribution in [2.45, 2.75) is 59.0 Å². The monoisotopic (exact) mass is 210 g/mol. The lowest BCUT2D eigenvalue weighted by molar-refractivity contribution is 0.0338. The molecule has 15 heavy (non-hydrogen) atoms. The van der Waals surface area contributed by atoms with Crippen molar-refractivity contribution in [2.24, 2.45) is 17.8 Å². The molecule has 1 rings (SSSR count). The number of hydrogen-bond acceptors (Lipinski definition) is 1. The molecule has 1 saturated carbocycles. The van der Waals surface area contributed by atoms with Crippen molar-refractivity contribution in [1.29, 1.82) is 0 Å². The topological polar surface area (TPSA) is 20.2 Å². The van der Waals surface area contributed by atoms with Crippen molar-refractivity contribution in [3.8, 4) is 0 Å². The van der Waals surface area contributed by atoms with Crippen molar-refractivity contribution in [3.63, 3.8) is 0 Å². The summed E-state index contributed by atoms with van der Waals surface area (Å²) in [7, 11) is 0. The molecule has 3 unspecified atom stereocenters. The van der Waals surface area contributed by atoms with Crippen LogP contribution in [-0.2, 0) is 0 Å². The minimum atomic E-state index is -0.0562. The zero-order valence-electron chi connectivity index (χ0n) is 10.5. The van der Waals surface area contributed by atoms with Crippen LogP contribution in [0.15, 0.2) is 12.2 Å². The lowest BCUT2D eigenvalue weighted by Crippen LogP contribution is -2.31. The highest BCUT2D eigenvalue weighted by atomic mass is 16.3. The van der Waals surface area contributed by atoms with Crippen LogP contribution >= 0.6 is 0 Å². The average Bonchev–Trinajstić information content (AvgIpc) is 2.16. The number of allylic oxidation sites excluding steroid dienone is 1. The number of aliphatic hydroxyl groups excluding tert-OH is 1. The predicted octanol–water partition coefficient (Wildman–Crippen LogP) is 3.78. The summed E-state index contributed by atoms with van der Waals surface area (Å²) in [6.07, 6.45) is 5.57. The summed E-state index contributed by atoms with van der Waals surface area (Å²) in [6.45, 7) is 10.6. The van der Waals surface area contributed by atoms with Gasteiger partial charge >= 0.3 is 0 Å². The fraction of sp³-hybridized carbons (Fsp3) is 0.857. The van der Waals surface area contributed by atoms with Gasteiger partial charge in [-0.15, -0.1) is 6.58 Å². The van der Waals surface area contributed by atoms with Gasteiger partial charge < -0.3 is 5.11 Å². The van der Waals surface area contributed by atoms with Crippen LogP contribution < -0.4 is 0 Å². The molecule has 1 aliphatic carbocycles. The minimum absolute atomic E-state index is 0.0562. The van der Waals surface area contributed by atoms with Gasteiger partial charge in [-0.2, -0.15) is 0 Å². The minimum Gasteiger partial charge on any atom is -0.393 e. The molecule has 0 aromatic rings. The third-order valence-electron chi connectivity index (χ3n) is 3.87. The molecule has 0 heterocycles. The fourth-order valence-electron chi connectivity index (χ4n) is 2.63. The average molecular weight is 210 g/mol. The van der Waals surface area contributed by atoms with Gasteiger partial charge in [0.15, 0.2) is 0 Å². The van der Waals surface area contributed by atoms with E-state index in [4.69, 9.17) is 0 Å². The van der Waals surface area contributed by atoms with E-state index in [1.165, 1.54) is 18.4 Å². The molecule has 1 aliphatic rings. The van der Waals surface area contributed by atoms with Crippen LogP contribution in [0.1, 0.15) is 52.9 Å². The van der Waals surface area contributed by atoms with Crippen LogP contribution in [-0.4, -0.2) is 11.2 Å². The van der Waals surface area contributed by atoms with Gasteiger partial charge in [0.05, 0.1) is 6.10 Å². The first-order valence-corrected chi connectivity index (χ1v) is 6.33. The van der Waals surface area contributed by atoms with Gasteiger partial charge in [-0.25, -0.2) is 0 Å². The molecule has 88 valence electrons. The van der Waals surface area contributed by atoms with Gasteiger partial charge in [0.1, 0.15) is 0 Å². The third kappa shape index (κ3) is 3.98. The van der Waals surface area contributed by atoms with Crippen molar-refractivity contribution >= 4 is 0 Å². The second-order valence-electron chi connectivity index (χ2n) is 5.64. The van der Waals surface area contributed by atoms with Crippen LogP contribution in [0.4, 0.5) is 0 Å². The van der Waals surface area contributed by atoms with E-state index in [1.807, 2.05) is 0 Å². The largest absolute Gasteiger partial charge is 0.393 e. The summed E-state index contributed by atoms with van der Waals surface area (Å²) < 4.78 is 0. The van der Waals surface area contributed by atoms with Gasteiger partial charge in [0.25, 0.3) is 0 Å². The fourth-order valence-corrected chi connectivity index (χ4v) is 2.63. The smallest absolute Gasteiger partial charge is 0.0568 e. The number of rotatable bonds is 4. The van der Waals surface area contributed by atoms with Gasteiger partial charge in [0, 0.05) is 0 Å². The molecule has 1 fully saturated rings. The molecule has 0 bridgehead atoms. The van der Waals surface area contributed by atoms with Crippen molar-refractivity contribution in [2.75, 3.05) is 0 Å². The van der Waals surface area contributed by atoms with E-state index in [0.717, 1.165) is 31.1 Å². The maximum atomic E-state index is 9.95. The Labute approximate surface area is 94.6 Å². The molecule has 0 aromatic carbocycles. The third-order valence-corrected chi connectivity index (χ3v) is 3.87. The second kappa shape index (κ2) is 5.69. The zero-order valence-corrected chi connectivity index (χ0v) is 10.5. The normalized spacial score (nSPS) is 31.9. The lowest BCUT2D eigenvalue weighted by atomic mass is 9.73. The summed E-state index contributed by atoms with van der Waals surface area (Å²) in [5.41, 5.74) is 1.24. The lowest BCUT2D eigenvalue weighted by Gasteiger charge is -2.35. The van der Waals surface area contributed by atoms with Crippen LogP contribution in [0.5, 0.6) is 0 Å². The van der Waals surface area contributed by atoms with E-state index in [0.29, 0.717) is 5.92 Å². The molecule has 1 nitrogen and oxygen atoms in total. The quantitative estimate of drug-likeness (QED) is 0.700. The maximum absolute atomic E-state index is 9.95. The summed E-state index contributed by atoms with van der Waals surface area (Å²) in [5, 5.41) is 9.95.